The summed E-state index contributed by atoms with van der Waals surface area (Å²) in [5, 5.41) is 2.98. The highest BCUT2D eigenvalue weighted by atomic mass is 32.2. The van der Waals surface area contributed by atoms with Crippen LogP contribution in [0, 0.1) is 0 Å². The summed E-state index contributed by atoms with van der Waals surface area (Å²) in [5.41, 5.74) is 6.74. The number of methoxy groups -OCH3 is 1. The Morgan fingerprint density at radius 3 is 3.00 bits per heavy atom. The van der Waals surface area contributed by atoms with E-state index in [2.05, 4.69) is 12.2 Å². The predicted octanol–water partition coefficient (Wildman–Crippen LogP) is 2.29. The van der Waals surface area contributed by atoms with E-state index in [4.69, 9.17) is 10.5 Å². The molecule has 0 radical (unpaired) electrons. The van der Waals surface area contributed by atoms with Crippen molar-refractivity contribution in [1.29, 1.82) is 0 Å². The fourth-order valence-corrected chi connectivity index (χ4v) is 3.54. The SMILES string of the molecule is COc1cccc(N)c1C(=O)NCC1(C)CCCS1. The second kappa shape index (κ2) is 5.74. The lowest BCUT2D eigenvalue weighted by molar-refractivity contribution is 0.0948. The maximum Gasteiger partial charge on any atom is 0.257 e. The molecule has 1 saturated heterocycles. The Balaban J connectivity index is 2.08. The second-order valence-corrected chi connectivity index (χ2v) is 6.69. The van der Waals surface area contributed by atoms with Gasteiger partial charge in [0.2, 0.25) is 0 Å². The van der Waals surface area contributed by atoms with Gasteiger partial charge in [-0.1, -0.05) is 6.07 Å². The zero-order chi connectivity index (χ0) is 13.9. The standard InChI is InChI=1S/C14H20N2O2S/c1-14(7-4-8-19-14)9-16-13(17)12-10(15)5-3-6-11(12)18-2/h3,5-6H,4,7-9,15H2,1-2H3,(H,16,17). The first-order chi connectivity index (χ1) is 9.06. The number of hydrogen-bond donors (Lipinski definition) is 2. The molecule has 1 aliphatic rings. The van der Waals surface area contributed by atoms with Crippen molar-refractivity contribution in [3.05, 3.63) is 23.8 Å². The lowest BCUT2D eigenvalue weighted by Gasteiger charge is -2.23. The highest BCUT2D eigenvalue weighted by Crippen LogP contribution is 2.37. The highest BCUT2D eigenvalue weighted by Gasteiger charge is 2.30. The van der Waals surface area contributed by atoms with E-state index in [0.29, 0.717) is 23.5 Å². The number of anilines is 1. The first-order valence-electron chi connectivity index (χ1n) is 6.40. The maximum absolute atomic E-state index is 12.3. The van der Waals surface area contributed by atoms with E-state index in [0.717, 1.165) is 6.42 Å². The molecule has 0 bridgehead atoms. The van der Waals surface area contributed by atoms with Crippen LogP contribution in [0.25, 0.3) is 0 Å². The molecule has 1 atom stereocenters. The van der Waals surface area contributed by atoms with Crippen molar-refractivity contribution < 1.29 is 9.53 Å². The van der Waals surface area contributed by atoms with Gasteiger partial charge in [0.1, 0.15) is 11.3 Å². The van der Waals surface area contributed by atoms with Gasteiger partial charge in [0.15, 0.2) is 0 Å². The minimum atomic E-state index is -0.163. The number of nitrogens with two attached hydrogens (primary N) is 1. The molecule has 1 unspecified atom stereocenters. The number of benzene rings is 1. The molecule has 104 valence electrons. The summed E-state index contributed by atoms with van der Waals surface area (Å²) < 4.78 is 5.34. The summed E-state index contributed by atoms with van der Waals surface area (Å²) in [6, 6.07) is 5.24. The lowest BCUT2D eigenvalue weighted by atomic mass is 10.1. The fourth-order valence-electron chi connectivity index (χ4n) is 2.29. The van der Waals surface area contributed by atoms with Gasteiger partial charge in [-0.05, 0) is 37.7 Å². The van der Waals surface area contributed by atoms with Crippen LogP contribution in [0.1, 0.15) is 30.1 Å². The quantitative estimate of drug-likeness (QED) is 0.831. The predicted molar refractivity (Wildman–Crippen MR) is 79.8 cm³/mol. The molecule has 0 aliphatic carbocycles. The van der Waals surface area contributed by atoms with Crippen molar-refractivity contribution in [1.82, 2.24) is 5.32 Å². The van der Waals surface area contributed by atoms with Crippen LogP contribution in [-0.2, 0) is 0 Å². The largest absolute Gasteiger partial charge is 0.496 e. The number of carbonyl (C=O) groups excluding carboxylic acids is 1. The number of amides is 1. The van der Waals surface area contributed by atoms with Crippen molar-refractivity contribution in [2.24, 2.45) is 0 Å². The van der Waals surface area contributed by atoms with E-state index in [1.807, 2.05) is 11.8 Å². The van der Waals surface area contributed by atoms with Crippen molar-refractivity contribution in [2.45, 2.75) is 24.5 Å². The second-order valence-electron chi connectivity index (χ2n) is 5.01. The van der Waals surface area contributed by atoms with Gasteiger partial charge in [-0.25, -0.2) is 0 Å². The van der Waals surface area contributed by atoms with Crippen LogP contribution >= 0.6 is 11.8 Å². The number of nitrogens with one attached hydrogen (secondary N) is 1. The average molecular weight is 280 g/mol. The zero-order valence-corrected chi connectivity index (χ0v) is 12.2. The molecule has 1 amide bonds. The molecule has 1 fully saturated rings. The van der Waals surface area contributed by atoms with Crippen molar-refractivity contribution in [3.8, 4) is 5.75 Å². The number of nitrogen functional groups attached to an aromatic ring is 1. The van der Waals surface area contributed by atoms with Gasteiger partial charge >= 0.3 is 0 Å². The first kappa shape index (κ1) is 14.1. The number of hydrogen-bond acceptors (Lipinski definition) is 4. The zero-order valence-electron chi connectivity index (χ0n) is 11.4. The van der Waals surface area contributed by atoms with Crippen LogP contribution in [0.2, 0.25) is 0 Å². The third kappa shape index (κ3) is 3.15. The van der Waals surface area contributed by atoms with E-state index >= 15 is 0 Å². The van der Waals surface area contributed by atoms with Crippen LogP contribution in [0.5, 0.6) is 5.75 Å². The van der Waals surface area contributed by atoms with Crippen LogP contribution < -0.4 is 15.8 Å². The van der Waals surface area contributed by atoms with Gasteiger partial charge in [-0.2, -0.15) is 11.8 Å². The number of ether oxygens (including phenoxy) is 1. The monoisotopic (exact) mass is 280 g/mol. The van der Waals surface area contributed by atoms with Crippen LogP contribution in [0.15, 0.2) is 18.2 Å². The minimum absolute atomic E-state index is 0.145. The highest BCUT2D eigenvalue weighted by molar-refractivity contribution is 8.00. The molecule has 0 saturated carbocycles. The average Bonchev–Trinajstić information content (AvgIpc) is 2.83. The van der Waals surface area contributed by atoms with Crippen molar-refractivity contribution in [3.63, 3.8) is 0 Å². The Kier molecular flexibility index (Phi) is 4.24. The molecule has 3 N–H and O–H groups in total. The third-order valence-electron chi connectivity index (χ3n) is 3.43. The molecule has 0 spiro atoms. The molecule has 1 aromatic carbocycles. The molecule has 4 nitrogen and oxygen atoms in total. The van der Waals surface area contributed by atoms with Gasteiger partial charge in [-0.15, -0.1) is 0 Å². The van der Waals surface area contributed by atoms with E-state index in [1.165, 1.54) is 12.2 Å². The van der Waals surface area contributed by atoms with Crippen LogP contribution in [0.3, 0.4) is 0 Å². The summed E-state index contributed by atoms with van der Waals surface area (Å²) in [6.45, 7) is 2.85. The maximum atomic E-state index is 12.3. The van der Waals surface area contributed by atoms with Crippen LogP contribution in [-0.4, -0.2) is 30.1 Å². The normalized spacial score (nSPS) is 22.2. The summed E-state index contributed by atoms with van der Waals surface area (Å²) in [5.74, 6) is 1.52. The van der Waals surface area contributed by atoms with E-state index in [1.54, 1.807) is 25.3 Å². The Bertz CT molecular complexity index is 471. The molecule has 19 heavy (non-hydrogen) atoms. The van der Waals surface area contributed by atoms with Crippen molar-refractivity contribution in [2.75, 3.05) is 25.1 Å². The Hall–Kier alpha value is -1.36. The van der Waals surface area contributed by atoms with Gasteiger partial charge in [-0.3, -0.25) is 4.79 Å². The van der Waals surface area contributed by atoms with E-state index in [9.17, 15) is 4.79 Å². The van der Waals surface area contributed by atoms with Crippen LogP contribution in [0.4, 0.5) is 5.69 Å². The molecule has 0 aromatic heterocycles. The first-order valence-corrected chi connectivity index (χ1v) is 7.39. The molecule has 2 rings (SSSR count). The van der Waals surface area contributed by atoms with Gasteiger partial charge in [0, 0.05) is 17.0 Å². The van der Waals surface area contributed by atoms with Gasteiger partial charge in [0.05, 0.1) is 7.11 Å². The Morgan fingerprint density at radius 1 is 1.58 bits per heavy atom. The Labute approximate surface area is 118 Å². The lowest BCUT2D eigenvalue weighted by Crippen LogP contribution is -2.37. The number of thioether (sulfide) groups is 1. The van der Waals surface area contributed by atoms with Gasteiger partial charge < -0.3 is 15.8 Å². The summed E-state index contributed by atoms with van der Waals surface area (Å²) in [7, 11) is 1.54. The van der Waals surface area contributed by atoms with E-state index in [-0.39, 0.29) is 10.7 Å². The minimum Gasteiger partial charge on any atom is -0.496 e. The van der Waals surface area contributed by atoms with Crippen molar-refractivity contribution >= 4 is 23.4 Å². The smallest absolute Gasteiger partial charge is 0.257 e. The summed E-state index contributed by atoms with van der Waals surface area (Å²) >= 11 is 1.92. The fraction of sp³-hybridized carbons (Fsp3) is 0.500. The topological polar surface area (TPSA) is 64.3 Å². The summed E-state index contributed by atoms with van der Waals surface area (Å²) in [6.07, 6.45) is 2.35. The molecule has 1 aromatic rings. The Morgan fingerprint density at radius 2 is 2.37 bits per heavy atom. The molecule has 1 aliphatic heterocycles. The third-order valence-corrected chi connectivity index (χ3v) is 4.97. The summed E-state index contributed by atoms with van der Waals surface area (Å²) in [4.78, 5) is 12.3. The van der Waals surface area contributed by atoms with E-state index < -0.39 is 0 Å². The number of rotatable bonds is 4. The molecular formula is C14H20N2O2S. The van der Waals surface area contributed by atoms with Gasteiger partial charge in [0.25, 0.3) is 5.91 Å². The molecule has 1 heterocycles. The molecule has 5 heteroatoms. The number of carbonyl (C=O) groups is 1. The molecular weight excluding hydrogens is 260 g/mol.